The highest BCUT2D eigenvalue weighted by Gasteiger charge is 2.08. The Morgan fingerprint density at radius 2 is 1.55 bits per heavy atom. The van der Waals surface area contributed by atoms with Crippen LogP contribution in [-0.4, -0.2) is 26.3 Å². The molecule has 0 saturated carbocycles. The maximum atomic E-state index is 12.1. The Labute approximate surface area is 130 Å². The second-order valence-corrected chi connectivity index (χ2v) is 4.75. The van der Waals surface area contributed by atoms with Crippen molar-refractivity contribution in [3.8, 4) is 11.5 Å². The fraction of sp³-hybridized carbons (Fsp3) is 0.278. The third kappa shape index (κ3) is 4.60. The topological polar surface area (TPSA) is 44.8 Å². The van der Waals surface area contributed by atoms with Gasteiger partial charge in [0.15, 0.2) is 0 Å². The minimum Gasteiger partial charge on any atom is -0.491 e. The molecule has 0 aliphatic carbocycles. The number of hydrogen-bond donors (Lipinski definition) is 0. The molecular weight excluding hydrogens is 280 g/mol. The number of aryl methyl sites for hydroxylation is 1. The lowest BCUT2D eigenvalue weighted by atomic mass is 10.2. The van der Waals surface area contributed by atoms with E-state index in [0.29, 0.717) is 30.3 Å². The molecule has 0 N–H and O–H groups in total. The van der Waals surface area contributed by atoms with E-state index in [2.05, 4.69) is 6.92 Å². The number of hydrogen-bond acceptors (Lipinski definition) is 4. The van der Waals surface area contributed by atoms with Gasteiger partial charge >= 0.3 is 5.97 Å². The summed E-state index contributed by atoms with van der Waals surface area (Å²) in [5.41, 5.74) is 1.69. The number of ether oxygens (including phenoxy) is 3. The summed E-state index contributed by atoms with van der Waals surface area (Å²) in [4.78, 5) is 12.1. The summed E-state index contributed by atoms with van der Waals surface area (Å²) in [7, 11) is 1.62. The van der Waals surface area contributed by atoms with Crippen molar-refractivity contribution in [2.24, 2.45) is 0 Å². The largest absolute Gasteiger partial charge is 0.491 e. The first kappa shape index (κ1) is 16.0. The SMILES string of the molecule is CCc1ccc(OC(=O)c2ccc(OCCOC)cc2)cc1. The minimum atomic E-state index is -0.382. The molecule has 22 heavy (non-hydrogen) atoms. The molecule has 0 aliphatic rings. The second-order valence-electron chi connectivity index (χ2n) is 4.75. The molecule has 116 valence electrons. The van der Waals surface area contributed by atoms with Crippen molar-refractivity contribution in [2.75, 3.05) is 20.3 Å². The maximum absolute atomic E-state index is 12.1. The van der Waals surface area contributed by atoms with E-state index < -0.39 is 0 Å². The lowest BCUT2D eigenvalue weighted by Gasteiger charge is -2.07. The van der Waals surface area contributed by atoms with Crippen LogP contribution in [0.1, 0.15) is 22.8 Å². The number of carbonyl (C=O) groups is 1. The molecule has 0 saturated heterocycles. The van der Waals surface area contributed by atoms with E-state index in [1.54, 1.807) is 43.5 Å². The number of carbonyl (C=O) groups excluding carboxylic acids is 1. The molecule has 0 aromatic heterocycles. The summed E-state index contributed by atoms with van der Waals surface area (Å²) < 4.78 is 15.7. The standard InChI is InChI=1S/C18H20O4/c1-3-14-4-8-17(9-5-14)22-18(19)15-6-10-16(11-7-15)21-13-12-20-2/h4-11H,3,12-13H2,1-2H3. The summed E-state index contributed by atoms with van der Waals surface area (Å²) in [5, 5.41) is 0. The minimum absolute atomic E-state index is 0.382. The Balaban J connectivity index is 1.94. The van der Waals surface area contributed by atoms with Crippen LogP contribution in [0.2, 0.25) is 0 Å². The van der Waals surface area contributed by atoms with Crippen molar-refractivity contribution >= 4 is 5.97 Å². The Morgan fingerprint density at radius 3 is 2.14 bits per heavy atom. The molecule has 4 heteroatoms. The number of rotatable bonds is 7. The zero-order valence-electron chi connectivity index (χ0n) is 12.9. The van der Waals surface area contributed by atoms with Crippen molar-refractivity contribution in [3.63, 3.8) is 0 Å². The van der Waals surface area contributed by atoms with Crippen LogP contribution in [0.4, 0.5) is 0 Å². The molecule has 0 radical (unpaired) electrons. The van der Waals surface area contributed by atoms with Gasteiger partial charge in [-0.25, -0.2) is 4.79 Å². The lowest BCUT2D eigenvalue weighted by Crippen LogP contribution is -2.09. The summed E-state index contributed by atoms with van der Waals surface area (Å²) in [6, 6.07) is 14.4. The van der Waals surface area contributed by atoms with Gasteiger partial charge in [-0.3, -0.25) is 0 Å². The fourth-order valence-electron chi connectivity index (χ4n) is 1.89. The molecule has 0 spiro atoms. The zero-order chi connectivity index (χ0) is 15.8. The lowest BCUT2D eigenvalue weighted by molar-refractivity contribution is 0.0734. The van der Waals surface area contributed by atoms with Crippen LogP contribution in [0.5, 0.6) is 11.5 Å². The van der Waals surface area contributed by atoms with Crippen molar-refractivity contribution < 1.29 is 19.0 Å². The first-order chi connectivity index (χ1) is 10.7. The Kier molecular flexibility index (Phi) is 5.98. The molecular formula is C18H20O4. The van der Waals surface area contributed by atoms with Crippen molar-refractivity contribution in [1.29, 1.82) is 0 Å². The third-order valence-corrected chi connectivity index (χ3v) is 3.19. The van der Waals surface area contributed by atoms with Gasteiger partial charge in [0.1, 0.15) is 18.1 Å². The first-order valence-electron chi connectivity index (χ1n) is 7.26. The molecule has 0 bridgehead atoms. The fourth-order valence-corrected chi connectivity index (χ4v) is 1.89. The van der Waals surface area contributed by atoms with Gasteiger partial charge in [0.25, 0.3) is 0 Å². The van der Waals surface area contributed by atoms with E-state index in [-0.39, 0.29) is 5.97 Å². The van der Waals surface area contributed by atoms with Crippen LogP contribution < -0.4 is 9.47 Å². The number of methoxy groups -OCH3 is 1. The van der Waals surface area contributed by atoms with Crippen LogP contribution in [0.15, 0.2) is 48.5 Å². The maximum Gasteiger partial charge on any atom is 0.343 e. The van der Waals surface area contributed by atoms with E-state index in [1.807, 2.05) is 12.1 Å². The monoisotopic (exact) mass is 300 g/mol. The van der Waals surface area contributed by atoms with Crippen LogP contribution in [0.25, 0.3) is 0 Å². The van der Waals surface area contributed by atoms with Gasteiger partial charge in [-0.1, -0.05) is 19.1 Å². The molecule has 0 amide bonds. The van der Waals surface area contributed by atoms with E-state index in [9.17, 15) is 4.79 Å². The predicted molar refractivity (Wildman–Crippen MR) is 84.6 cm³/mol. The highest BCUT2D eigenvalue weighted by atomic mass is 16.5. The van der Waals surface area contributed by atoms with Gasteiger partial charge in [0, 0.05) is 7.11 Å². The van der Waals surface area contributed by atoms with E-state index in [0.717, 1.165) is 6.42 Å². The smallest absolute Gasteiger partial charge is 0.343 e. The first-order valence-corrected chi connectivity index (χ1v) is 7.26. The van der Waals surface area contributed by atoms with Gasteiger partial charge in [-0.15, -0.1) is 0 Å². The van der Waals surface area contributed by atoms with Crippen LogP contribution in [-0.2, 0) is 11.2 Å². The van der Waals surface area contributed by atoms with Crippen LogP contribution >= 0.6 is 0 Å². The average molecular weight is 300 g/mol. The number of esters is 1. The van der Waals surface area contributed by atoms with Gasteiger partial charge in [0.2, 0.25) is 0 Å². The van der Waals surface area contributed by atoms with Crippen molar-refractivity contribution in [2.45, 2.75) is 13.3 Å². The Bertz CT molecular complexity index is 587. The van der Waals surface area contributed by atoms with Crippen molar-refractivity contribution in [3.05, 3.63) is 59.7 Å². The molecule has 2 aromatic rings. The Morgan fingerprint density at radius 1 is 0.909 bits per heavy atom. The quantitative estimate of drug-likeness (QED) is 0.446. The van der Waals surface area contributed by atoms with E-state index in [1.165, 1.54) is 5.56 Å². The average Bonchev–Trinajstić information content (AvgIpc) is 2.56. The Hall–Kier alpha value is -2.33. The third-order valence-electron chi connectivity index (χ3n) is 3.19. The summed E-state index contributed by atoms with van der Waals surface area (Å²) in [5.74, 6) is 0.858. The molecule has 0 fully saturated rings. The van der Waals surface area contributed by atoms with Gasteiger partial charge < -0.3 is 14.2 Å². The van der Waals surface area contributed by atoms with E-state index >= 15 is 0 Å². The predicted octanol–water partition coefficient (Wildman–Crippen LogP) is 3.49. The molecule has 0 aliphatic heterocycles. The molecule has 2 rings (SSSR count). The second kappa shape index (κ2) is 8.20. The van der Waals surface area contributed by atoms with Crippen LogP contribution in [0, 0.1) is 0 Å². The summed E-state index contributed by atoms with van der Waals surface area (Å²) >= 11 is 0. The normalized spacial score (nSPS) is 10.3. The molecule has 0 unspecified atom stereocenters. The van der Waals surface area contributed by atoms with Crippen LogP contribution in [0.3, 0.4) is 0 Å². The molecule has 2 aromatic carbocycles. The highest BCUT2D eigenvalue weighted by molar-refractivity contribution is 5.91. The van der Waals surface area contributed by atoms with Gasteiger partial charge in [-0.2, -0.15) is 0 Å². The highest BCUT2D eigenvalue weighted by Crippen LogP contribution is 2.17. The van der Waals surface area contributed by atoms with E-state index in [4.69, 9.17) is 14.2 Å². The van der Waals surface area contributed by atoms with Crippen molar-refractivity contribution in [1.82, 2.24) is 0 Å². The number of benzene rings is 2. The van der Waals surface area contributed by atoms with Gasteiger partial charge in [-0.05, 0) is 48.4 Å². The molecule has 0 heterocycles. The summed E-state index contributed by atoms with van der Waals surface area (Å²) in [6.45, 7) is 3.08. The zero-order valence-corrected chi connectivity index (χ0v) is 12.9. The molecule has 0 atom stereocenters. The molecule has 4 nitrogen and oxygen atoms in total. The summed E-state index contributed by atoms with van der Waals surface area (Å²) in [6.07, 6.45) is 0.957. The van der Waals surface area contributed by atoms with Gasteiger partial charge in [0.05, 0.1) is 12.2 Å².